The van der Waals surface area contributed by atoms with Crippen LogP contribution in [0.2, 0.25) is 0 Å². The summed E-state index contributed by atoms with van der Waals surface area (Å²) in [5.41, 5.74) is 0. The highest BCUT2D eigenvalue weighted by atomic mass is 16.1. The van der Waals surface area contributed by atoms with Crippen molar-refractivity contribution < 1.29 is 4.79 Å². The molecule has 0 atom stereocenters. The molecule has 0 saturated heterocycles. The molecule has 0 fully saturated rings. The molecule has 0 aliphatic rings. The van der Waals surface area contributed by atoms with Crippen molar-refractivity contribution in [3.8, 4) is 0 Å². The van der Waals surface area contributed by atoms with Crippen molar-refractivity contribution in [2.45, 2.75) is 77.6 Å². The minimum atomic E-state index is 0.468. The maximum absolute atomic E-state index is 11.5. The summed E-state index contributed by atoms with van der Waals surface area (Å²) in [6, 6.07) is 0. The molecule has 0 aliphatic heterocycles. The molecule has 0 aromatic heterocycles. The summed E-state index contributed by atoms with van der Waals surface area (Å²) in [6.45, 7) is 5.91. The van der Waals surface area contributed by atoms with Gasteiger partial charge in [0.05, 0.1) is 0 Å². The van der Waals surface area contributed by atoms with Gasteiger partial charge in [-0.2, -0.15) is 0 Å². The van der Waals surface area contributed by atoms with E-state index < -0.39 is 0 Å². The first-order valence-electron chi connectivity index (χ1n) is 6.93. The van der Waals surface area contributed by atoms with Gasteiger partial charge in [0.25, 0.3) is 0 Å². The summed E-state index contributed by atoms with van der Waals surface area (Å²) in [7, 11) is 0. The molecule has 0 N–H and O–H groups in total. The lowest BCUT2D eigenvalue weighted by molar-refractivity contribution is -0.119. The number of ketones is 1. The Kier molecular flexibility index (Phi) is 12.0. The van der Waals surface area contributed by atoms with Gasteiger partial charge in [-0.25, -0.2) is 0 Å². The van der Waals surface area contributed by atoms with Crippen LogP contribution in [0.25, 0.3) is 0 Å². The van der Waals surface area contributed by atoms with Crippen LogP contribution in [0, 0.1) is 0 Å². The molecule has 0 heterocycles. The molecule has 1 nitrogen and oxygen atoms in total. The highest BCUT2D eigenvalue weighted by molar-refractivity contribution is 5.78. The Labute approximate surface area is 101 Å². The Morgan fingerprint density at radius 2 is 1.50 bits per heavy atom. The number of Topliss-reactive ketones (excluding diaryl/α,β-unsaturated/α-hetero) is 1. The summed E-state index contributed by atoms with van der Waals surface area (Å²) >= 11 is 0. The average molecular weight is 224 g/mol. The van der Waals surface area contributed by atoms with E-state index in [2.05, 4.69) is 13.5 Å². The largest absolute Gasteiger partial charge is 0.300 e. The fourth-order valence-electron chi connectivity index (χ4n) is 1.84. The Hall–Kier alpha value is -0.590. The molecule has 0 saturated carbocycles. The summed E-state index contributed by atoms with van der Waals surface area (Å²) in [5, 5.41) is 0. The second-order valence-electron chi connectivity index (χ2n) is 4.59. The van der Waals surface area contributed by atoms with Crippen molar-refractivity contribution >= 4 is 5.78 Å². The lowest BCUT2D eigenvalue weighted by atomic mass is 10.0. The Bertz CT molecular complexity index is 172. The topological polar surface area (TPSA) is 17.1 Å². The molecule has 0 aromatic rings. The van der Waals surface area contributed by atoms with Crippen LogP contribution in [-0.4, -0.2) is 5.78 Å². The molecular weight excluding hydrogens is 196 g/mol. The highest BCUT2D eigenvalue weighted by Crippen LogP contribution is 2.09. The monoisotopic (exact) mass is 224 g/mol. The zero-order chi connectivity index (χ0) is 12.1. The fourth-order valence-corrected chi connectivity index (χ4v) is 1.84. The second kappa shape index (κ2) is 12.5. The highest BCUT2D eigenvalue weighted by Gasteiger charge is 2.01. The first-order valence-corrected chi connectivity index (χ1v) is 6.93. The predicted molar refractivity (Wildman–Crippen MR) is 71.7 cm³/mol. The molecule has 0 aliphatic carbocycles. The average Bonchev–Trinajstić information content (AvgIpc) is 2.28. The van der Waals surface area contributed by atoms with E-state index in [0.29, 0.717) is 5.78 Å². The van der Waals surface area contributed by atoms with Crippen molar-refractivity contribution in [2.75, 3.05) is 0 Å². The third-order valence-electron chi connectivity index (χ3n) is 2.92. The van der Waals surface area contributed by atoms with Crippen LogP contribution in [-0.2, 0) is 4.79 Å². The van der Waals surface area contributed by atoms with E-state index in [0.717, 1.165) is 32.1 Å². The zero-order valence-corrected chi connectivity index (χ0v) is 11.0. The van der Waals surface area contributed by atoms with Gasteiger partial charge in [0.1, 0.15) is 5.78 Å². The quantitative estimate of drug-likeness (QED) is 0.335. The van der Waals surface area contributed by atoms with Gasteiger partial charge in [0, 0.05) is 12.8 Å². The van der Waals surface area contributed by atoms with Gasteiger partial charge in [-0.15, -0.1) is 6.58 Å². The van der Waals surface area contributed by atoms with Crippen LogP contribution in [0.3, 0.4) is 0 Å². The zero-order valence-electron chi connectivity index (χ0n) is 11.0. The number of hydrogen-bond acceptors (Lipinski definition) is 1. The van der Waals surface area contributed by atoms with E-state index in [9.17, 15) is 4.79 Å². The summed E-state index contributed by atoms with van der Waals surface area (Å²) in [6.07, 6.45) is 14.3. The number of carbonyl (C=O) groups is 1. The molecule has 0 bridgehead atoms. The van der Waals surface area contributed by atoms with Crippen LogP contribution in [0.15, 0.2) is 12.7 Å². The van der Waals surface area contributed by atoms with Crippen LogP contribution < -0.4 is 0 Å². The minimum Gasteiger partial charge on any atom is -0.300 e. The second-order valence-corrected chi connectivity index (χ2v) is 4.59. The number of rotatable bonds is 12. The SMILES string of the molecule is C=CCCCCCC(=O)CCCCCCC. The predicted octanol–water partition coefficient (Wildman–Crippen LogP) is 5.05. The third-order valence-corrected chi connectivity index (χ3v) is 2.92. The molecular formula is C15H28O. The van der Waals surface area contributed by atoms with E-state index in [4.69, 9.17) is 0 Å². The first kappa shape index (κ1) is 15.4. The van der Waals surface area contributed by atoms with Crippen LogP contribution in [0.4, 0.5) is 0 Å². The van der Waals surface area contributed by atoms with Gasteiger partial charge in [0.15, 0.2) is 0 Å². The standard InChI is InChI=1S/C15H28O/c1-3-5-7-9-11-13-15(16)14-12-10-8-6-4-2/h3H,1,4-14H2,2H3. The number of hydrogen-bond donors (Lipinski definition) is 0. The van der Waals surface area contributed by atoms with Crippen molar-refractivity contribution in [1.29, 1.82) is 0 Å². The Balaban J connectivity index is 3.15. The van der Waals surface area contributed by atoms with Gasteiger partial charge in [0.2, 0.25) is 0 Å². The van der Waals surface area contributed by atoms with Crippen molar-refractivity contribution in [2.24, 2.45) is 0 Å². The van der Waals surface area contributed by atoms with Crippen LogP contribution >= 0.6 is 0 Å². The number of unbranched alkanes of at least 4 members (excludes halogenated alkanes) is 7. The molecule has 94 valence electrons. The van der Waals surface area contributed by atoms with Crippen molar-refractivity contribution in [3.63, 3.8) is 0 Å². The molecule has 0 radical (unpaired) electrons. The smallest absolute Gasteiger partial charge is 0.132 e. The van der Waals surface area contributed by atoms with E-state index in [1.165, 1.54) is 38.5 Å². The molecule has 0 amide bonds. The Morgan fingerprint density at radius 1 is 0.938 bits per heavy atom. The van der Waals surface area contributed by atoms with Gasteiger partial charge in [-0.3, -0.25) is 4.79 Å². The summed E-state index contributed by atoms with van der Waals surface area (Å²) in [5.74, 6) is 0.468. The summed E-state index contributed by atoms with van der Waals surface area (Å²) in [4.78, 5) is 11.5. The van der Waals surface area contributed by atoms with Gasteiger partial charge in [-0.1, -0.05) is 45.1 Å². The number of allylic oxidation sites excluding steroid dienone is 1. The van der Waals surface area contributed by atoms with Gasteiger partial charge >= 0.3 is 0 Å². The van der Waals surface area contributed by atoms with Crippen molar-refractivity contribution in [3.05, 3.63) is 12.7 Å². The third kappa shape index (κ3) is 11.5. The van der Waals surface area contributed by atoms with E-state index >= 15 is 0 Å². The van der Waals surface area contributed by atoms with Gasteiger partial charge < -0.3 is 0 Å². The molecule has 1 heteroatoms. The van der Waals surface area contributed by atoms with Crippen molar-refractivity contribution in [1.82, 2.24) is 0 Å². The lowest BCUT2D eigenvalue weighted by Crippen LogP contribution is -1.97. The minimum absolute atomic E-state index is 0.468. The number of carbonyl (C=O) groups excluding carboxylic acids is 1. The summed E-state index contributed by atoms with van der Waals surface area (Å²) < 4.78 is 0. The maximum Gasteiger partial charge on any atom is 0.132 e. The Morgan fingerprint density at radius 3 is 2.06 bits per heavy atom. The maximum atomic E-state index is 11.5. The molecule has 0 spiro atoms. The normalized spacial score (nSPS) is 10.3. The molecule has 0 rings (SSSR count). The van der Waals surface area contributed by atoms with Crippen LogP contribution in [0.5, 0.6) is 0 Å². The first-order chi connectivity index (χ1) is 7.81. The molecule has 16 heavy (non-hydrogen) atoms. The molecule has 0 aromatic carbocycles. The fraction of sp³-hybridized carbons (Fsp3) is 0.800. The van der Waals surface area contributed by atoms with Gasteiger partial charge in [-0.05, 0) is 25.7 Å². The van der Waals surface area contributed by atoms with E-state index in [1.54, 1.807) is 0 Å². The van der Waals surface area contributed by atoms with E-state index in [-0.39, 0.29) is 0 Å². The lowest BCUT2D eigenvalue weighted by Gasteiger charge is -2.01. The van der Waals surface area contributed by atoms with Crippen LogP contribution in [0.1, 0.15) is 77.6 Å². The van der Waals surface area contributed by atoms with E-state index in [1.807, 2.05) is 6.08 Å². The molecule has 0 unspecified atom stereocenters.